The van der Waals surface area contributed by atoms with Gasteiger partial charge in [-0.2, -0.15) is 0 Å². The number of benzene rings is 1. The van der Waals surface area contributed by atoms with Crippen molar-refractivity contribution in [3.05, 3.63) is 36.0 Å². The largest absolute Gasteiger partial charge is 0.497 e. The zero-order chi connectivity index (χ0) is 13.9. The Morgan fingerprint density at radius 3 is 2.55 bits per heavy atom. The van der Waals surface area contributed by atoms with Crippen LogP contribution in [0.2, 0.25) is 0 Å². The van der Waals surface area contributed by atoms with E-state index in [1.165, 1.54) is 12.8 Å². The van der Waals surface area contributed by atoms with E-state index in [4.69, 9.17) is 9.72 Å². The van der Waals surface area contributed by atoms with Crippen molar-refractivity contribution in [3.8, 4) is 17.1 Å². The minimum atomic E-state index is 0.618. The highest BCUT2D eigenvalue weighted by atomic mass is 16.5. The molecule has 104 valence electrons. The van der Waals surface area contributed by atoms with Crippen molar-refractivity contribution in [3.63, 3.8) is 0 Å². The number of hydrogen-bond acceptors (Lipinski definition) is 4. The highest BCUT2D eigenvalue weighted by molar-refractivity contribution is 5.59. The van der Waals surface area contributed by atoms with Gasteiger partial charge in [0, 0.05) is 29.8 Å². The van der Waals surface area contributed by atoms with Crippen molar-refractivity contribution in [1.29, 1.82) is 0 Å². The SMILES string of the molecule is CCNc1cc(C2CC2)nc(-c2ccc(OC)cc2)n1. The monoisotopic (exact) mass is 269 g/mol. The topological polar surface area (TPSA) is 47.0 Å². The van der Waals surface area contributed by atoms with E-state index in [1.54, 1.807) is 7.11 Å². The van der Waals surface area contributed by atoms with Crippen LogP contribution in [0.25, 0.3) is 11.4 Å². The summed E-state index contributed by atoms with van der Waals surface area (Å²) in [5.74, 6) is 3.16. The van der Waals surface area contributed by atoms with Gasteiger partial charge in [-0.3, -0.25) is 0 Å². The van der Waals surface area contributed by atoms with Gasteiger partial charge in [0.05, 0.1) is 7.11 Å². The van der Waals surface area contributed by atoms with E-state index in [9.17, 15) is 0 Å². The molecule has 1 aromatic heterocycles. The molecule has 3 rings (SSSR count). The summed E-state index contributed by atoms with van der Waals surface area (Å²) in [4.78, 5) is 9.31. The summed E-state index contributed by atoms with van der Waals surface area (Å²) in [7, 11) is 1.67. The number of aromatic nitrogens is 2. The third-order valence-electron chi connectivity index (χ3n) is 3.45. The van der Waals surface area contributed by atoms with E-state index in [1.807, 2.05) is 24.3 Å². The quantitative estimate of drug-likeness (QED) is 0.903. The smallest absolute Gasteiger partial charge is 0.161 e. The molecule has 1 fully saturated rings. The first-order valence-corrected chi connectivity index (χ1v) is 7.07. The molecule has 1 aromatic carbocycles. The first kappa shape index (κ1) is 12.9. The predicted octanol–water partition coefficient (Wildman–Crippen LogP) is 3.46. The lowest BCUT2D eigenvalue weighted by atomic mass is 10.2. The molecular formula is C16H19N3O. The van der Waals surface area contributed by atoms with E-state index in [-0.39, 0.29) is 0 Å². The van der Waals surface area contributed by atoms with Gasteiger partial charge in [-0.25, -0.2) is 9.97 Å². The van der Waals surface area contributed by atoms with Crippen LogP contribution in [0.5, 0.6) is 5.75 Å². The van der Waals surface area contributed by atoms with Gasteiger partial charge in [-0.05, 0) is 44.0 Å². The minimum absolute atomic E-state index is 0.618. The van der Waals surface area contributed by atoms with Gasteiger partial charge in [0.2, 0.25) is 0 Å². The molecule has 1 heterocycles. The van der Waals surface area contributed by atoms with Crippen molar-refractivity contribution in [1.82, 2.24) is 9.97 Å². The Labute approximate surface area is 119 Å². The van der Waals surface area contributed by atoms with Gasteiger partial charge in [0.1, 0.15) is 11.6 Å². The first-order chi connectivity index (χ1) is 9.80. The number of methoxy groups -OCH3 is 1. The van der Waals surface area contributed by atoms with Crippen LogP contribution in [0.3, 0.4) is 0 Å². The Hall–Kier alpha value is -2.10. The molecule has 4 heteroatoms. The lowest BCUT2D eigenvalue weighted by Gasteiger charge is -2.09. The van der Waals surface area contributed by atoms with Crippen molar-refractivity contribution < 1.29 is 4.74 Å². The Morgan fingerprint density at radius 2 is 1.95 bits per heavy atom. The van der Waals surface area contributed by atoms with Crippen LogP contribution >= 0.6 is 0 Å². The van der Waals surface area contributed by atoms with Gasteiger partial charge < -0.3 is 10.1 Å². The van der Waals surface area contributed by atoms with Crippen molar-refractivity contribution in [2.24, 2.45) is 0 Å². The van der Waals surface area contributed by atoms with E-state index >= 15 is 0 Å². The number of ether oxygens (including phenoxy) is 1. The van der Waals surface area contributed by atoms with Gasteiger partial charge in [-0.1, -0.05) is 0 Å². The number of nitrogens with one attached hydrogen (secondary N) is 1. The molecule has 1 saturated carbocycles. The summed E-state index contributed by atoms with van der Waals surface area (Å²) in [5, 5.41) is 3.29. The van der Waals surface area contributed by atoms with Crippen LogP contribution in [0.4, 0.5) is 5.82 Å². The van der Waals surface area contributed by atoms with Gasteiger partial charge in [0.25, 0.3) is 0 Å². The summed E-state index contributed by atoms with van der Waals surface area (Å²) in [6.07, 6.45) is 2.48. The second-order valence-electron chi connectivity index (χ2n) is 5.03. The summed E-state index contributed by atoms with van der Waals surface area (Å²) in [5.41, 5.74) is 2.18. The Balaban J connectivity index is 1.97. The summed E-state index contributed by atoms with van der Waals surface area (Å²) in [6.45, 7) is 2.94. The summed E-state index contributed by atoms with van der Waals surface area (Å²) < 4.78 is 5.19. The Morgan fingerprint density at radius 1 is 1.20 bits per heavy atom. The minimum Gasteiger partial charge on any atom is -0.497 e. The lowest BCUT2D eigenvalue weighted by Crippen LogP contribution is -2.03. The summed E-state index contributed by atoms with van der Waals surface area (Å²) >= 11 is 0. The molecule has 0 saturated heterocycles. The molecule has 0 unspecified atom stereocenters. The third kappa shape index (κ3) is 2.74. The number of nitrogens with zero attached hydrogens (tertiary/aromatic N) is 2. The fourth-order valence-electron chi connectivity index (χ4n) is 2.20. The Kier molecular flexibility index (Phi) is 3.54. The second-order valence-corrected chi connectivity index (χ2v) is 5.03. The molecule has 1 N–H and O–H groups in total. The molecule has 0 atom stereocenters. The lowest BCUT2D eigenvalue weighted by molar-refractivity contribution is 0.415. The molecular weight excluding hydrogens is 250 g/mol. The van der Waals surface area contributed by atoms with Gasteiger partial charge in [0.15, 0.2) is 5.82 Å². The van der Waals surface area contributed by atoms with Crippen LogP contribution in [0.1, 0.15) is 31.4 Å². The highest BCUT2D eigenvalue weighted by Crippen LogP contribution is 2.40. The molecule has 4 nitrogen and oxygen atoms in total. The van der Waals surface area contributed by atoms with Crippen LogP contribution in [-0.4, -0.2) is 23.6 Å². The molecule has 0 aliphatic heterocycles. The van der Waals surface area contributed by atoms with Gasteiger partial charge in [-0.15, -0.1) is 0 Å². The third-order valence-corrected chi connectivity index (χ3v) is 3.45. The van der Waals surface area contributed by atoms with E-state index in [0.29, 0.717) is 5.92 Å². The summed E-state index contributed by atoms with van der Waals surface area (Å²) in [6, 6.07) is 9.96. The number of rotatable bonds is 5. The van der Waals surface area contributed by atoms with Crippen molar-refractivity contribution in [2.75, 3.05) is 19.0 Å². The maximum atomic E-state index is 5.19. The highest BCUT2D eigenvalue weighted by Gasteiger charge is 2.26. The molecule has 1 aliphatic carbocycles. The fourth-order valence-corrected chi connectivity index (χ4v) is 2.20. The van der Waals surface area contributed by atoms with Crippen molar-refractivity contribution >= 4 is 5.82 Å². The fraction of sp³-hybridized carbons (Fsp3) is 0.375. The number of anilines is 1. The predicted molar refractivity (Wildman–Crippen MR) is 80.2 cm³/mol. The zero-order valence-electron chi connectivity index (χ0n) is 11.9. The Bertz CT molecular complexity index is 591. The molecule has 1 aliphatic rings. The van der Waals surface area contributed by atoms with Gasteiger partial charge >= 0.3 is 0 Å². The van der Waals surface area contributed by atoms with E-state index in [0.717, 1.165) is 35.2 Å². The van der Waals surface area contributed by atoms with E-state index in [2.05, 4.69) is 23.3 Å². The molecule has 20 heavy (non-hydrogen) atoms. The van der Waals surface area contributed by atoms with Crippen LogP contribution in [-0.2, 0) is 0 Å². The molecule has 2 aromatic rings. The average Bonchev–Trinajstić information content (AvgIpc) is 3.32. The second kappa shape index (κ2) is 5.49. The maximum Gasteiger partial charge on any atom is 0.161 e. The average molecular weight is 269 g/mol. The molecule has 0 spiro atoms. The van der Waals surface area contributed by atoms with Crippen LogP contribution in [0.15, 0.2) is 30.3 Å². The molecule has 0 bridgehead atoms. The molecule has 0 radical (unpaired) electrons. The standard InChI is InChI=1S/C16H19N3O/c1-3-17-15-10-14(11-4-5-11)18-16(19-15)12-6-8-13(20-2)9-7-12/h6-11H,3-5H2,1-2H3,(H,17,18,19). The van der Waals surface area contributed by atoms with Crippen molar-refractivity contribution in [2.45, 2.75) is 25.7 Å². The maximum absolute atomic E-state index is 5.19. The zero-order valence-corrected chi connectivity index (χ0v) is 11.9. The normalized spacial score (nSPS) is 14.1. The van der Waals surface area contributed by atoms with E-state index < -0.39 is 0 Å². The first-order valence-electron chi connectivity index (χ1n) is 7.07. The molecule has 0 amide bonds. The van der Waals surface area contributed by atoms with Crippen LogP contribution < -0.4 is 10.1 Å². The number of hydrogen-bond donors (Lipinski definition) is 1. The van der Waals surface area contributed by atoms with Crippen LogP contribution in [0, 0.1) is 0 Å².